The van der Waals surface area contributed by atoms with Gasteiger partial charge in [-0.2, -0.15) is 5.10 Å². The number of aromatic amines is 1. The summed E-state index contributed by atoms with van der Waals surface area (Å²) in [5.74, 6) is -0.684. The van der Waals surface area contributed by atoms with Gasteiger partial charge in [-0.1, -0.05) is 25.4 Å². The van der Waals surface area contributed by atoms with Crippen molar-refractivity contribution >= 4 is 17.6 Å². The van der Waals surface area contributed by atoms with Crippen molar-refractivity contribution < 1.29 is 9.90 Å². The molecule has 72 valence electrons. The lowest BCUT2D eigenvalue weighted by Gasteiger charge is -2.00. The Balaban J connectivity index is 2.93. The molecule has 0 radical (unpaired) electrons. The molecule has 0 saturated heterocycles. The molecule has 5 heteroatoms. The molecule has 1 aromatic rings. The number of aromatic nitrogens is 2. The SMILES string of the molecule is CC(C)Cc1[nH]nc(C(=O)O)c1Cl. The van der Waals surface area contributed by atoms with Crippen LogP contribution in [0.3, 0.4) is 0 Å². The summed E-state index contributed by atoms with van der Waals surface area (Å²) in [5.41, 5.74) is 0.589. The average molecular weight is 203 g/mol. The van der Waals surface area contributed by atoms with Gasteiger partial charge in [-0.15, -0.1) is 0 Å². The maximum atomic E-state index is 10.6. The lowest BCUT2D eigenvalue weighted by Crippen LogP contribution is -1.97. The van der Waals surface area contributed by atoms with Gasteiger partial charge in [-0.3, -0.25) is 5.10 Å². The van der Waals surface area contributed by atoms with E-state index in [4.69, 9.17) is 16.7 Å². The molecule has 1 heterocycles. The minimum absolute atomic E-state index is 0.0997. The van der Waals surface area contributed by atoms with Crippen LogP contribution in [-0.4, -0.2) is 21.3 Å². The standard InChI is InChI=1S/C8H11ClN2O2/c1-4(2)3-5-6(9)7(8(12)13)11-10-5/h4H,3H2,1-2H3,(H,10,11)(H,12,13). The van der Waals surface area contributed by atoms with Crippen LogP contribution in [0.4, 0.5) is 0 Å². The molecule has 0 unspecified atom stereocenters. The maximum absolute atomic E-state index is 10.6. The lowest BCUT2D eigenvalue weighted by atomic mass is 10.1. The van der Waals surface area contributed by atoms with E-state index in [2.05, 4.69) is 10.2 Å². The minimum Gasteiger partial charge on any atom is -0.476 e. The van der Waals surface area contributed by atoms with Crippen LogP contribution < -0.4 is 0 Å². The fourth-order valence-corrected chi connectivity index (χ4v) is 1.29. The Morgan fingerprint density at radius 2 is 2.31 bits per heavy atom. The number of nitrogens with zero attached hydrogens (tertiary/aromatic N) is 1. The van der Waals surface area contributed by atoms with Crippen molar-refractivity contribution in [3.8, 4) is 0 Å². The molecule has 0 aliphatic carbocycles. The van der Waals surface area contributed by atoms with Gasteiger partial charge in [-0.25, -0.2) is 4.79 Å². The van der Waals surface area contributed by atoms with Gasteiger partial charge in [-0.05, 0) is 12.3 Å². The summed E-state index contributed by atoms with van der Waals surface area (Å²) in [6.45, 7) is 4.05. The van der Waals surface area contributed by atoms with Crippen LogP contribution >= 0.6 is 11.6 Å². The summed E-state index contributed by atoms with van der Waals surface area (Å²) >= 11 is 5.79. The van der Waals surface area contributed by atoms with Crippen LogP contribution in [0.25, 0.3) is 0 Å². The zero-order valence-electron chi connectivity index (χ0n) is 7.47. The molecular formula is C8H11ClN2O2. The van der Waals surface area contributed by atoms with Gasteiger partial charge in [0.15, 0.2) is 5.69 Å². The molecule has 0 aromatic carbocycles. The van der Waals surface area contributed by atoms with E-state index in [9.17, 15) is 4.79 Å². The number of halogens is 1. The topological polar surface area (TPSA) is 66.0 Å². The molecule has 4 nitrogen and oxygen atoms in total. The second-order valence-corrected chi connectivity index (χ2v) is 3.65. The van der Waals surface area contributed by atoms with Crippen LogP contribution in [0.15, 0.2) is 0 Å². The average Bonchev–Trinajstić information content (AvgIpc) is 2.32. The van der Waals surface area contributed by atoms with Crippen LogP contribution in [0, 0.1) is 5.92 Å². The number of carboxylic acids is 1. The number of hydrogen-bond acceptors (Lipinski definition) is 2. The number of nitrogens with one attached hydrogen (secondary N) is 1. The van der Waals surface area contributed by atoms with E-state index in [0.717, 1.165) is 0 Å². The van der Waals surface area contributed by atoms with Crippen LogP contribution in [0.5, 0.6) is 0 Å². The molecule has 0 fully saturated rings. The summed E-state index contributed by atoms with van der Waals surface area (Å²) in [7, 11) is 0. The molecule has 0 bridgehead atoms. The number of H-pyrrole nitrogens is 1. The number of rotatable bonds is 3. The Morgan fingerprint density at radius 1 is 1.69 bits per heavy atom. The molecule has 0 aliphatic heterocycles. The molecule has 2 N–H and O–H groups in total. The Hall–Kier alpha value is -1.03. The van der Waals surface area contributed by atoms with E-state index < -0.39 is 5.97 Å². The van der Waals surface area contributed by atoms with Gasteiger partial charge < -0.3 is 5.11 Å². The van der Waals surface area contributed by atoms with Crippen molar-refractivity contribution in [2.45, 2.75) is 20.3 Å². The molecule has 0 saturated carbocycles. The van der Waals surface area contributed by atoms with E-state index in [0.29, 0.717) is 18.0 Å². The van der Waals surface area contributed by atoms with Crippen molar-refractivity contribution in [3.63, 3.8) is 0 Å². The van der Waals surface area contributed by atoms with Crippen molar-refractivity contribution in [2.75, 3.05) is 0 Å². The van der Waals surface area contributed by atoms with Crippen LogP contribution in [-0.2, 0) is 6.42 Å². The molecule has 0 aliphatic rings. The van der Waals surface area contributed by atoms with Gasteiger partial charge in [0.2, 0.25) is 0 Å². The first kappa shape index (κ1) is 10.1. The first-order chi connectivity index (χ1) is 6.02. The second-order valence-electron chi connectivity index (χ2n) is 3.27. The molecule has 1 rings (SSSR count). The molecular weight excluding hydrogens is 192 g/mol. The third kappa shape index (κ3) is 2.21. The zero-order valence-corrected chi connectivity index (χ0v) is 8.22. The smallest absolute Gasteiger partial charge is 0.357 e. The monoisotopic (exact) mass is 202 g/mol. The van der Waals surface area contributed by atoms with E-state index in [1.165, 1.54) is 0 Å². The maximum Gasteiger partial charge on any atom is 0.357 e. The predicted molar refractivity (Wildman–Crippen MR) is 49.1 cm³/mol. The van der Waals surface area contributed by atoms with E-state index in [-0.39, 0.29) is 10.7 Å². The zero-order chi connectivity index (χ0) is 10.0. The van der Waals surface area contributed by atoms with Gasteiger partial charge in [0.25, 0.3) is 0 Å². The van der Waals surface area contributed by atoms with Gasteiger partial charge in [0.05, 0.1) is 10.7 Å². The summed E-state index contributed by atoms with van der Waals surface area (Å²) in [6, 6.07) is 0. The molecule has 0 atom stereocenters. The number of carbonyl (C=O) groups is 1. The van der Waals surface area contributed by atoms with E-state index >= 15 is 0 Å². The predicted octanol–water partition coefficient (Wildman–Crippen LogP) is 1.96. The first-order valence-electron chi connectivity index (χ1n) is 3.98. The Morgan fingerprint density at radius 3 is 2.69 bits per heavy atom. The Kier molecular flexibility index (Phi) is 2.93. The summed E-state index contributed by atoms with van der Waals surface area (Å²) in [4.78, 5) is 10.6. The van der Waals surface area contributed by atoms with Gasteiger partial charge >= 0.3 is 5.97 Å². The lowest BCUT2D eigenvalue weighted by molar-refractivity contribution is 0.0690. The molecule has 0 amide bonds. The summed E-state index contributed by atoms with van der Waals surface area (Å²) < 4.78 is 0. The molecule has 13 heavy (non-hydrogen) atoms. The largest absolute Gasteiger partial charge is 0.476 e. The third-order valence-electron chi connectivity index (χ3n) is 1.59. The first-order valence-corrected chi connectivity index (χ1v) is 4.36. The fraction of sp³-hybridized carbons (Fsp3) is 0.500. The highest BCUT2D eigenvalue weighted by atomic mass is 35.5. The van der Waals surface area contributed by atoms with Crippen LogP contribution in [0.1, 0.15) is 30.0 Å². The summed E-state index contributed by atoms with van der Waals surface area (Å²) in [6.07, 6.45) is 0.707. The van der Waals surface area contributed by atoms with Crippen LogP contribution in [0.2, 0.25) is 5.02 Å². The summed E-state index contributed by atoms with van der Waals surface area (Å²) in [5, 5.41) is 15.1. The highest BCUT2D eigenvalue weighted by molar-refractivity contribution is 6.33. The third-order valence-corrected chi connectivity index (χ3v) is 2.00. The fourth-order valence-electron chi connectivity index (χ4n) is 1.05. The van der Waals surface area contributed by atoms with Crippen molar-refractivity contribution in [3.05, 3.63) is 16.4 Å². The molecule has 0 spiro atoms. The van der Waals surface area contributed by atoms with Crippen molar-refractivity contribution in [2.24, 2.45) is 5.92 Å². The van der Waals surface area contributed by atoms with E-state index in [1.54, 1.807) is 0 Å². The quantitative estimate of drug-likeness (QED) is 0.788. The minimum atomic E-state index is -1.10. The Labute approximate surface area is 80.9 Å². The number of aromatic carboxylic acids is 1. The second kappa shape index (κ2) is 3.79. The van der Waals surface area contributed by atoms with E-state index in [1.807, 2.05) is 13.8 Å². The van der Waals surface area contributed by atoms with Gasteiger partial charge in [0.1, 0.15) is 0 Å². The molecule has 1 aromatic heterocycles. The highest BCUT2D eigenvalue weighted by Gasteiger charge is 2.17. The van der Waals surface area contributed by atoms with Crippen molar-refractivity contribution in [1.29, 1.82) is 0 Å². The number of carboxylic acid groups (broad SMARTS) is 1. The Bertz CT molecular complexity index is 320. The number of hydrogen-bond donors (Lipinski definition) is 2. The van der Waals surface area contributed by atoms with Crippen molar-refractivity contribution in [1.82, 2.24) is 10.2 Å². The normalized spacial score (nSPS) is 10.8. The van der Waals surface area contributed by atoms with Gasteiger partial charge in [0, 0.05) is 0 Å². The highest BCUT2D eigenvalue weighted by Crippen LogP contribution is 2.20.